The minimum atomic E-state index is 0.547. The SMILES string of the molecule is CCC1CN(Cc2nccc(OC)c2OC)C(CC)CN1. The number of methoxy groups -OCH3 is 2. The molecular formula is C16H27N3O2. The molecule has 2 rings (SSSR count). The minimum absolute atomic E-state index is 0.547. The van der Waals surface area contributed by atoms with Crippen molar-refractivity contribution in [3.05, 3.63) is 18.0 Å². The molecule has 1 fully saturated rings. The van der Waals surface area contributed by atoms with Crippen molar-refractivity contribution in [3.8, 4) is 11.5 Å². The second-order valence-corrected chi connectivity index (χ2v) is 5.50. The van der Waals surface area contributed by atoms with E-state index in [0.29, 0.717) is 12.1 Å². The van der Waals surface area contributed by atoms with Crippen molar-refractivity contribution in [2.45, 2.75) is 45.3 Å². The predicted octanol–water partition coefficient (Wildman–Crippen LogP) is 2.06. The van der Waals surface area contributed by atoms with Gasteiger partial charge < -0.3 is 14.8 Å². The molecule has 2 unspecified atom stereocenters. The van der Waals surface area contributed by atoms with Crippen LogP contribution in [0, 0.1) is 0 Å². The van der Waals surface area contributed by atoms with E-state index in [1.807, 2.05) is 6.07 Å². The van der Waals surface area contributed by atoms with E-state index >= 15 is 0 Å². The summed E-state index contributed by atoms with van der Waals surface area (Å²) in [7, 11) is 3.33. The number of piperazine rings is 1. The van der Waals surface area contributed by atoms with Gasteiger partial charge >= 0.3 is 0 Å². The molecule has 1 aromatic rings. The van der Waals surface area contributed by atoms with E-state index in [1.165, 1.54) is 0 Å². The van der Waals surface area contributed by atoms with Gasteiger partial charge in [-0.3, -0.25) is 9.88 Å². The van der Waals surface area contributed by atoms with E-state index in [4.69, 9.17) is 9.47 Å². The van der Waals surface area contributed by atoms with Crippen molar-refractivity contribution < 1.29 is 9.47 Å². The molecular weight excluding hydrogens is 266 g/mol. The van der Waals surface area contributed by atoms with Crippen molar-refractivity contribution in [2.75, 3.05) is 27.3 Å². The van der Waals surface area contributed by atoms with Crippen molar-refractivity contribution in [3.63, 3.8) is 0 Å². The Hall–Kier alpha value is -1.33. The Morgan fingerprint density at radius 1 is 1.29 bits per heavy atom. The van der Waals surface area contributed by atoms with Crippen LogP contribution in [0.25, 0.3) is 0 Å². The van der Waals surface area contributed by atoms with Crippen LogP contribution < -0.4 is 14.8 Å². The zero-order valence-electron chi connectivity index (χ0n) is 13.6. The number of rotatable bonds is 6. The number of aromatic nitrogens is 1. The zero-order chi connectivity index (χ0) is 15.2. The quantitative estimate of drug-likeness (QED) is 0.870. The second-order valence-electron chi connectivity index (χ2n) is 5.50. The van der Waals surface area contributed by atoms with Gasteiger partial charge in [0.25, 0.3) is 0 Å². The molecule has 21 heavy (non-hydrogen) atoms. The average Bonchev–Trinajstić information content (AvgIpc) is 2.54. The lowest BCUT2D eigenvalue weighted by Gasteiger charge is -2.40. The van der Waals surface area contributed by atoms with Crippen LogP contribution in [0.2, 0.25) is 0 Å². The molecule has 0 aromatic carbocycles. The highest BCUT2D eigenvalue weighted by Crippen LogP contribution is 2.30. The van der Waals surface area contributed by atoms with Crippen LogP contribution in [0.15, 0.2) is 12.3 Å². The third kappa shape index (κ3) is 3.66. The van der Waals surface area contributed by atoms with E-state index in [-0.39, 0.29) is 0 Å². The molecule has 5 nitrogen and oxygen atoms in total. The molecule has 1 aromatic heterocycles. The number of ether oxygens (including phenoxy) is 2. The Labute approximate surface area is 127 Å². The molecule has 0 radical (unpaired) electrons. The summed E-state index contributed by atoms with van der Waals surface area (Å²) in [5, 5.41) is 3.62. The van der Waals surface area contributed by atoms with Gasteiger partial charge in [0.2, 0.25) is 0 Å². The predicted molar refractivity (Wildman–Crippen MR) is 83.9 cm³/mol. The molecule has 2 atom stereocenters. The van der Waals surface area contributed by atoms with E-state index in [9.17, 15) is 0 Å². The maximum absolute atomic E-state index is 5.50. The fraction of sp³-hybridized carbons (Fsp3) is 0.688. The molecule has 118 valence electrons. The van der Waals surface area contributed by atoms with Gasteiger partial charge in [-0.05, 0) is 12.8 Å². The molecule has 5 heteroatoms. The van der Waals surface area contributed by atoms with Crippen LogP contribution >= 0.6 is 0 Å². The summed E-state index contributed by atoms with van der Waals surface area (Å²) in [6.07, 6.45) is 4.07. The first kappa shape index (κ1) is 16.0. The summed E-state index contributed by atoms with van der Waals surface area (Å²) in [6, 6.07) is 2.95. The number of hydrogen-bond donors (Lipinski definition) is 1. The zero-order valence-corrected chi connectivity index (χ0v) is 13.6. The van der Waals surface area contributed by atoms with Gasteiger partial charge in [0, 0.05) is 44.0 Å². The lowest BCUT2D eigenvalue weighted by Crippen LogP contribution is -2.55. The number of nitrogens with one attached hydrogen (secondary N) is 1. The second kappa shape index (κ2) is 7.61. The van der Waals surface area contributed by atoms with E-state index in [0.717, 1.165) is 49.7 Å². The molecule has 0 aliphatic carbocycles. The highest BCUT2D eigenvalue weighted by Gasteiger charge is 2.27. The monoisotopic (exact) mass is 293 g/mol. The topological polar surface area (TPSA) is 46.6 Å². The van der Waals surface area contributed by atoms with Gasteiger partial charge in [0.15, 0.2) is 11.5 Å². The van der Waals surface area contributed by atoms with Crippen LogP contribution in [0.1, 0.15) is 32.4 Å². The Kier molecular flexibility index (Phi) is 5.82. The van der Waals surface area contributed by atoms with Crippen LogP contribution in [-0.2, 0) is 6.54 Å². The first-order valence-electron chi connectivity index (χ1n) is 7.76. The highest BCUT2D eigenvalue weighted by molar-refractivity contribution is 5.42. The fourth-order valence-corrected chi connectivity index (χ4v) is 2.95. The van der Waals surface area contributed by atoms with Crippen LogP contribution in [0.4, 0.5) is 0 Å². The van der Waals surface area contributed by atoms with Gasteiger partial charge in [0.1, 0.15) is 5.69 Å². The molecule has 1 N–H and O–H groups in total. The Morgan fingerprint density at radius 3 is 2.71 bits per heavy atom. The molecule has 0 amide bonds. The van der Waals surface area contributed by atoms with Crippen molar-refractivity contribution in [1.82, 2.24) is 15.2 Å². The lowest BCUT2D eigenvalue weighted by molar-refractivity contribution is 0.114. The van der Waals surface area contributed by atoms with Crippen molar-refractivity contribution in [1.29, 1.82) is 0 Å². The van der Waals surface area contributed by atoms with Gasteiger partial charge in [-0.15, -0.1) is 0 Å². The number of nitrogens with zero attached hydrogens (tertiary/aromatic N) is 2. The molecule has 0 spiro atoms. The summed E-state index contributed by atoms with van der Waals surface area (Å²) in [5.74, 6) is 1.50. The van der Waals surface area contributed by atoms with Crippen LogP contribution in [-0.4, -0.2) is 49.3 Å². The molecule has 1 aliphatic rings. The summed E-state index contributed by atoms with van der Waals surface area (Å²) in [6.45, 7) is 7.36. The third-order valence-electron chi connectivity index (χ3n) is 4.30. The molecule has 0 saturated carbocycles. The van der Waals surface area contributed by atoms with Crippen LogP contribution in [0.3, 0.4) is 0 Å². The van der Waals surface area contributed by atoms with Gasteiger partial charge in [-0.1, -0.05) is 13.8 Å². The van der Waals surface area contributed by atoms with Gasteiger partial charge in [0.05, 0.1) is 14.2 Å². The Morgan fingerprint density at radius 2 is 2.10 bits per heavy atom. The normalized spacial score (nSPS) is 23.0. The smallest absolute Gasteiger partial charge is 0.183 e. The Bertz CT molecular complexity index is 453. The summed E-state index contributed by atoms with van der Waals surface area (Å²) in [5.41, 5.74) is 0.951. The third-order valence-corrected chi connectivity index (χ3v) is 4.30. The molecule has 1 aliphatic heterocycles. The number of pyridine rings is 1. The van der Waals surface area contributed by atoms with E-state index < -0.39 is 0 Å². The maximum atomic E-state index is 5.50. The summed E-state index contributed by atoms with van der Waals surface area (Å²) in [4.78, 5) is 7.01. The molecule has 0 bridgehead atoms. The van der Waals surface area contributed by atoms with Crippen molar-refractivity contribution >= 4 is 0 Å². The highest BCUT2D eigenvalue weighted by atomic mass is 16.5. The first-order valence-corrected chi connectivity index (χ1v) is 7.76. The molecule has 2 heterocycles. The van der Waals surface area contributed by atoms with Gasteiger partial charge in [-0.25, -0.2) is 0 Å². The number of hydrogen-bond acceptors (Lipinski definition) is 5. The Balaban J connectivity index is 2.18. The minimum Gasteiger partial charge on any atom is -0.493 e. The first-order chi connectivity index (χ1) is 10.2. The largest absolute Gasteiger partial charge is 0.493 e. The average molecular weight is 293 g/mol. The van der Waals surface area contributed by atoms with E-state index in [1.54, 1.807) is 20.4 Å². The van der Waals surface area contributed by atoms with Crippen LogP contribution in [0.5, 0.6) is 11.5 Å². The standard InChI is InChI=1S/C16H27N3O2/c1-5-12-10-19(13(6-2)9-18-12)11-14-16(21-4)15(20-3)7-8-17-14/h7-8,12-13,18H,5-6,9-11H2,1-4H3. The van der Waals surface area contributed by atoms with Crippen molar-refractivity contribution in [2.24, 2.45) is 0 Å². The maximum Gasteiger partial charge on any atom is 0.183 e. The van der Waals surface area contributed by atoms with E-state index in [2.05, 4.69) is 29.0 Å². The molecule has 1 saturated heterocycles. The lowest BCUT2D eigenvalue weighted by atomic mass is 10.0. The van der Waals surface area contributed by atoms with Gasteiger partial charge in [-0.2, -0.15) is 0 Å². The summed E-state index contributed by atoms with van der Waals surface area (Å²) >= 11 is 0. The fourth-order valence-electron chi connectivity index (χ4n) is 2.95. The summed E-state index contributed by atoms with van der Waals surface area (Å²) < 4.78 is 10.9.